The second-order valence-corrected chi connectivity index (χ2v) is 8.29. The molecule has 33 heavy (non-hydrogen) atoms. The van der Waals surface area contributed by atoms with E-state index in [1.807, 2.05) is 0 Å². The van der Waals surface area contributed by atoms with Crippen LogP contribution >= 0.6 is 11.8 Å². The van der Waals surface area contributed by atoms with E-state index in [2.05, 4.69) is 16.0 Å². The van der Waals surface area contributed by atoms with Gasteiger partial charge in [0.2, 0.25) is 17.7 Å². The minimum absolute atomic E-state index is 0.166. The number of carboxylic acid groups (broad SMARTS) is 2. The molecule has 0 spiro atoms. The van der Waals surface area contributed by atoms with Crippen LogP contribution in [-0.2, 0) is 24.0 Å². The Morgan fingerprint density at radius 2 is 1.42 bits per heavy atom. The number of amides is 3. The van der Waals surface area contributed by atoms with Gasteiger partial charge in [0.1, 0.15) is 18.1 Å². The number of carbonyl (C=O) groups is 5. The van der Waals surface area contributed by atoms with Crippen molar-refractivity contribution in [3.63, 3.8) is 0 Å². The molecule has 0 aliphatic carbocycles. The summed E-state index contributed by atoms with van der Waals surface area (Å²) in [5, 5.41) is 34.6. The minimum atomic E-state index is -1.43. The highest BCUT2D eigenvalue weighted by Gasteiger charge is 2.29. The van der Waals surface area contributed by atoms with Crippen molar-refractivity contribution in [2.75, 3.05) is 25.2 Å². The number of nitrogens with one attached hydrogen (secondary N) is 3. The quantitative estimate of drug-likeness (QED) is 0.0936. The number of carbonyl (C=O) groups excluding carboxylic acids is 3. The summed E-state index contributed by atoms with van der Waals surface area (Å²) in [6.45, 7) is -0.405. The zero-order valence-corrected chi connectivity index (χ0v) is 19.4. The predicted molar refractivity (Wildman–Crippen MR) is 121 cm³/mol. The molecule has 0 bridgehead atoms. The van der Waals surface area contributed by atoms with Crippen LogP contribution in [0.4, 0.5) is 0 Å². The number of thioether (sulfide) groups is 1. The third kappa shape index (κ3) is 13.0. The molecule has 0 aromatic heterocycles. The van der Waals surface area contributed by atoms with E-state index in [-0.39, 0.29) is 25.7 Å². The van der Waals surface area contributed by atoms with Gasteiger partial charge < -0.3 is 42.7 Å². The van der Waals surface area contributed by atoms with Crippen LogP contribution in [0.2, 0.25) is 0 Å². The maximum atomic E-state index is 12.7. The molecule has 0 aromatic carbocycles. The van der Waals surface area contributed by atoms with Gasteiger partial charge in [-0.3, -0.25) is 19.2 Å². The highest BCUT2D eigenvalue weighted by atomic mass is 32.2. The van der Waals surface area contributed by atoms with Crippen molar-refractivity contribution < 1.29 is 39.3 Å². The van der Waals surface area contributed by atoms with Crippen LogP contribution in [0, 0.1) is 0 Å². The molecule has 0 radical (unpaired) electrons. The zero-order valence-electron chi connectivity index (χ0n) is 18.6. The molecule has 0 rings (SSSR count). The van der Waals surface area contributed by atoms with Gasteiger partial charge in [0.15, 0.2) is 0 Å². The molecule has 13 nitrogen and oxygen atoms in total. The second-order valence-electron chi connectivity index (χ2n) is 7.31. The predicted octanol–water partition coefficient (Wildman–Crippen LogP) is -2.41. The molecule has 0 aliphatic heterocycles. The van der Waals surface area contributed by atoms with Crippen molar-refractivity contribution in [2.24, 2.45) is 11.5 Å². The maximum absolute atomic E-state index is 12.7. The largest absolute Gasteiger partial charge is 0.481 e. The molecule has 14 heteroatoms. The van der Waals surface area contributed by atoms with Gasteiger partial charge in [-0.15, -0.1) is 0 Å². The van der Waals surface area contributed by atoms with Gasteiger partial charge in [0.05, 0.1) is 12.6 Å². The number of aliphatic carboxylic acids is 2. The number of rotatable bonds is 18. The fourth-order valence-corrected chi connectivity index (χ4v) is 3.15. The van der Waals surface area contributed by atoms with E-state index in [1.54, 1.807) is 6.26 Å². The summed E-state index contributed by atoms with van der Waals surface area (Å²) in [5.41, 5.74) is 11.0. The molecule has 0 heterocycles. The molecular weight excluding hydrogens is 458 g/mol. The third-order valence-electron chi connectivity index (χ3n) is 4.63. The molecule has 4 unspecified atom stereocenters. The van der Waals surface area contributed by atoms with Crippen LogP contribution < -0.4 is 27.4 Å². The van der Waals surface area contributed by atoms with Crippen molar-refractivity contribution in [1.29, 1.82) is 0 Å². The van der Waals surface area contributed by atoms with Crippen LogP contribution in [0.1, 0.15) is 38.5 Å². The molecule has 0 saturated carbocycles. The zero-order chi connectivity index (χ0) is 25.4. The monoisotopic (exact) mass is 493 g/mol. The molecule has 0 aliphatic rings. The SMILES string of the molecule is CSCCC(NC(=O)C(CO)NC(=O)C(N)CCC(=O)O)C(=O)NC(CCCCN)C(=O)O. The first-order valence-corrected chi connectivity index (χ1v) is 11.9. The van der Waals surface area contributed by atoms with E-state index >= 15 is 0 Å². The lowest BCUT2D eigenvalue weighted by atomic mass is 10.1. The molecule has 3 amide bonds. The van der Waals surface area contributed by atoms with Crippen LogP contribution in [0.5, 0.6) is 0 Å². The van der Waals surface area contributed by atoms with E-state index in [0.29, 0.717) is 25.1 Å². The Balaban J connectivity index is 5.14. The number of nitrogens with two attached hydrogens (primary N) is 2. The number of carboxylic acids is 2. The Hall–Kier alpha value is -2.42. The molecule has 0 saturated heterocycles. The lowest BCUT2D eigenvalue weighted by Crippen LogP contribution is -2.58. The summed E-state index contributed by atoms with van der Waals surface area (Å²) in [4.78, 5) is 59.4. The van der Waals surface area contributed by atoms with E-state index in [1.165, 1.54) is 11.8 Å². The Labute approximate surface area is 196 Å². The van der Waals surface area contributed by atoms with Crippen LogP contribution in [-0.4, -0.2) is 94.3 Å². The van der Waals surface area contributed by atoms with Crippen LogP contribution in [0.25, 0.3) is 0 Å². The lowest BCUT2D eigenvalue weighted by Gasteiger charge is -2.24. The number of aliphatic hydroxyl groups is 1. The summed E-state index contributed by atoms with van der Waals surface area (Å²) in [7, 11) is 0. The summed E-state index contributed by atoms with van der Waals surface area (Å²) in [6.07, 6.45) is 2.72. The Kier molecular flexibility index (Phi) is 15.9. The first-order chi connectivity index (χ1) is 15.6. The minimum Gasteiger partial charge on any atom is -0.481 e. The molecule has 0 aromatic rings. The Morgan fingerprint density at radius 1 is 0.848 bits per heavy atom. The van der Waals surface area contributed by atoms with Gasteiger partial charge in [-0.05, 0) is 50.7 Å². The summed E-state index contributed by atoms with van der Waals surface area (Å²) < 4.78 is 0. The van der Waals surface area contributed by atoms with Gasteiger partial charge in [-0.2, -0.15) is 11.8 Å². The molecule has 190 valence electrons. The second kappa shape index (κ2) is 17.1. The molecule has 0 fully saturated rings. The van der Waals surface area contributed by atoms with E-state index in [9.17, 15) is 34.2 Å². The summed E-state index contributed by atoms with van der Waals surface area (Å²) in [6, 6.07) is -4.90. The molecule has 4 atom stereocenters. The number of hydrogen-bond acceptors (Lipinski definition) is 9. The Morgan fingerprint density at radius 3 is 1.94 bits per heavy atom. The average Bonchev–Trinajstić information content (AvgIpc) is 2.77. The maximum Gasteiger partial charge on any atom is 0.326 e. The van der Waals surface area contributed by atoms with Gasteiger partial charge in [0, 0.05) is 6.42 Å². The van der Waals surface area contributed by atoms with Gasteiger partial charge in [0.25, 0.3) is 0 Å². The first-order valence-electron chi connectivity index (χ1n) is 10.5. The fourth-order valence-electron chi connectivity index (χ4n) is 2.68. The standard InChI is InChI=1S/C19H35N5O8S/c1-33-9-7-12(17(29)23-13(19(31)32)4-2-3-8-20)22-18(30)14(10-25)24-16(28)11(21)5-6-15(26)27/h11-14,25H,2-10,20-21H2,1H3,(H,22,30)(H,23,29)(H,24,28)(H,26,27)(H,31,32). The van der Waals surface area contributed by atoms with E-state index in [4.69, 9.17) is 16.6 Å². The van der Waals surface area contributed by atoms with Gasteiger partial charge in [-0.25, -0.2) is 4.79 Å². The van der Waals surface area contributed by atoms with E-state index in [0.717, 1.165) is 0 Å². The van der Waals surface area contributed by atoms with Crippen molar-refractivity contribution in [3.8, 4) is 0 Å². The number of hydrogen-bond donors (Lipinski definition) is 8. The normalized spacial score (nSPS) is 14.4. The number of aliphatic hydroxyl groups excluding tert-OH is 1. The summed E-state index contributed by atoms with van der Waals surface area (Å²) in [5.74, 6) is -4.29. The highest BCUT2D eigenvalue weighted by Crippen LogP contribution is 2.06. The van der Waals surface area contributed by atoms with Crippen LogP contribution in [0.3, 0.4) is 0 Å². The smallest absolute Gasteiger partial charge is 0.326 e. The fraction of sp³-hybridized carbons (Fsp3) is 0.737. The summed E-state index contributed by atoms with van der Waals surface area (Å²) >= 11 is 1.41. The van der Waals surface area contributed by atoms with Gasteiger partial charge >= 0.3 is 11.9 Å². The van der Waals surface area contributed by atoms with Crippen molar-refractivity contribution in [1.82, 2.24) is 16.0 Å². The average molecular weight is 494 g/mol. The van der Waals surface area contributed by atoms with Crippen LogP contribution in [0.15, 0.2) is 0 Å². The lowest BCUT2D eigenvalue weighted by molar-refractivity contribution is -0.142. The number of unbranched alkanes of at least 4 members (excludes halogenated alkanes) is 1. The molecule has 10 N–H and O–H groups in total. The van der Waals surface area contributed by atoms with Crippen molar-refractivity contribution >= 4 is 41.4 Å². The highest BCUT2D eigenvalue weighted by molar-refractivity contribution is 7.98. The Bertz CT molecular complexity index is 666. The van der Waals surface area contributed by atoms with Crippen molar-refractivity contribution in [2.45, 2.75) is 62.7 Å². The topological polar surface area (TPSA) is 234 Å². The van der Waals surface area contributed by atoms with Gasteiger partial charge in [-0.1, -0.05) is 0 Å². The van der Waals surface area contributed by atoms with E-state index < -0.39 is 60.4 Å². The molecular formula is C19H35N5O8S. The van der Waals surface area contributed by atoms with Crippen molar-refractivity contribution in [3.05, 3.63) is 0 Å². The third-order valence-corrected chi connectivity index (χ3v) is 5.27. The first kappa shape index (κ1) is 30.6.